The Morgan fingerprint density at radius 2 is 2.04 bits per heavy atom. The van der Waals surface area contributed by atoms with Crippen molar-refractivity contribution in [1.82, 2.24) is 10.2 Å². The summed E-state index contributed by atoms with van der Waals surface area (Å²) in [4.78, 5) is 46.9. The minimum Gasteiger partial charge on any atom is -0.619 e. The first-order valence-corrected chi connectivity index (χ1v) is 7.55. The van der Waals surface area contributed by atoms with Gasteiger partial charge >= 0.3 is 5.97 Å². The monoisotopic (exact) mass is 339 g/mol. The Labute approximate surface area is 135 Å². The van der Waals surface area contributed by atoms with Crippen molar-refractivity contribution >= 4 is 34.8 Å². The highest BCUT2D eigenvalue weighted by atomic mass is 32.2. The van der Waals surface area contributed by atoms with E-state index in [0.717, 1.165) is 29.1 Å². The highest BCUT2D eigenvalue weighted by Gasteiger charge is 2.29. The average molecular weight is 339 g/mol. The van der Waals surface area contributed by atoms with Crippen LogP contribution in [0.2, 0.25) is 0 Å². The number of rotatable bonds is 6. The zero-order valence-electron chi connectivity index (χ0n) is 11.9. The molecule has 0 atom stereocenters. The van der Waals surface area contributed by atoms with Crippen LogP contribution in [0.15, 0.2) is 24.5 Å². The summed E-state index contributed by atoms with van der Waals surface area (Å²) in [6, 6.07) is 2.55. The second-order valence-electron chi connectivity index (χ2n) is 4.47. The normalized spacial score (nSPS) is 14.0. The summed E-state index contributed by atoms with van der Waals surface area (Å²) in [7, 11) is 0. The summed E-state index contributed by atoms with van der Waals surface area (Å²) >= 11 is 0.917. The number of hydrogen-bond donors (Lipinski definition) is 1. The van der Waals surface area contributed by atoms with E-state index in [0.29, 0.717) is 4.73 Å². The third kappa shape index (κ3) is 4.68. The Bertz CT molecular complexity index is 617. The van der Waals surface area contributed by atoms with E-state index in [1.165, 1.54) is 12.1 Å². The van der Waals surface area contributed by atoms with Crippen molar-refractivity contribution in [2.75, 3.05) is 25.4 Å². The second kappa shape index (κ2) is 7.58. The lowest BCUT2D eigenvalue weighted by atomic mass is 10.3. The number of carbonyl (C=O) groups is 4. The molecular weight excluding hydrogens is 326 g/mol. The number of thioether (sulfide) groups is 1. The van der Waals surface area contributed by atoms with Crippen molar-refractivity contribution in [3.63, 3.8) is 0 Å². The maximum absolute atomic E-state index is 11.6. The van der Waals surface area contributed by atoms with Crippen LogP contribution in [0.25, 0.3) is 0 Å². The molecule has 3 amide bonds. The Hall–Kier alpha value is -2.62. The summed E-state index contributed by atoms with van der Waals surface area (Å²) in [5, 5.41) is 12.9. The van der Waals surface area contributed by atoms with Crippen LogP contribution in [0.3, 0.4) is 0 Å². The molecule has 10 heteroatoms. The van der Waals surface area contributed by atoms with E-state index >= 15 is 0 Å². The van der Waals surface area contributed by atoms with E-state index < -0.39 is 18.5 Å². The lowest BCUT2D eigenvalue weighted by molar-refractivity contribution is -0.605. The first kappa shape index (κ1) is 16.7. The van der Waals surface area contributed by atoms with E-state index in [1.54, 1.807) is 0 Å². The molecule has 0 aliphatic carbocycles. The van der Waals surface area contributed by atoms with Gasteiger partial charge in [-0.2, -0.15) is 4.73 Å². The van der Waals surface area contributed by atoms with E-state index in [2.05, 4.69) is 5.32 Å². The molecule has 1 aliphatic rings. The molecular formula is C13H13N3O6S. The molecule has 1 aliphatic heterocycles. The topological polar surface area (TPSA) is 120 Å². The molecule has 0 radical (unpaired) electrons. The first-order valence-electron chi connectivity index (χ1n) is 6.57. The number of amides is 3. The number of nitrogens with zero attached hydrogens (tertiary/aromatic N) is 2. The van der Waals surface area contributed by atoms with Crippen molar-refractivity contribution in [3.8, 4) is 0 Å². The van der Waals surface area contributed by atoms with Crippen molar-refractivity contribution < 1.29 is 28.6 Å². The third-order valence-corrected chi connectivity index (χ3v) is 3.73. The quantitative estimate of drug-likeness (QED) is 0.413. The molecule has 1 aromatic heterocycles. The van der Waals surface area contributed by atoms with Crippen LogP contribution >= 0.6 is 11.8 Å². The van der Waals surface area contributed by atoms with Gasteiger partial charge in [-0.25, -0.2) is 4.79 Å². The van der Waals surface area contributed by atoms with E-state index in [4.69, 9.17) is 4.74 Å². The number of carbonyl (C=O) groups excluding carboxylic acids is 4. The molecule has 1 N–H and O–H groups in total. The number of esters is 1. The zero-order valence-corrected chi connectivity index (χ0v) is 12.7. The van der Waals surface area contributed by atoms with Crippen LogP contribution < -0.4 is 10.0 Å². The molecule has 9 nitrogen and oxygen atoms in total. The van der Waals surface area contributed by atoms with Gasteiger partial charge in [-0.15, -0.1) is 0 Å². The molecule has 122 valence electrons. The fourth-order valence-corrected chi connectivity index (χ4v) is 2.47. The highest BCUT2D eigenvalue weighted by Crippen LogP contribution is 2.17. The number of pyridine rings is 1. The van der Waals surface area contributed by atoms with Gasteiger partial charge < -0.3 is 15.3 Å². The van der Waals surface area contributed by atoms with Gasteiger partial charge in [-0.05, 0) is 0 Å². The van der Waals surface area contributed by atoms with Crippen molar-refractivity contribution in [2.45, 2.75) is 0 Å². The van der Waals surface area contributed by atoms with Crippen LogP contribution in [-0.2, 0) is 14.3 Å². The van der Waals surface area contributed by atoms with E-state index in [-0.39, 0.29) is 35.6 Å². The van der Waals surface area contributed by atoms with Crippen LogP contribution in [0.1, 0.15) is 10.4 Å². The number of hydrogen-bond acceptors (Lipinski definition) is 7. The second-order valence-corrected chi connectivity index (χ2v) is 5.40. The largest absolute Gasteiger partial charge is 0.619 e. The molecule has 23 heavy (non-hydrogen) atoms. The van der Waals surface area contributed by atoms with Gasteiger partial charge in [0.05, 0.1) is 11.3 Å². The molecule has 2 rings (SSSR count). The predicted molar refractivity (Wildman–Crippen MR) is 78.3 cm³/mol. The molecule has 0 unspecified atom stereocenters. The summed E-state index contributed by atoms with van der Waals surface area (Å²) in [6.45, 7) is -0.343. The lowest BCUT2D eigenvalue weighted by Gasteiger charge is -2.13. The summed E-state index contributed by atoms with van der Waals surface area (Å²) < 4.78 is 5.30. The standard InChI is InChI=1S/C13H13N3O6S/c17-10(14-3-6-16-11(18)8-23-13(16)20)7-22-12(19)9-1-4-15(21)5-2-9/h1-2,4-5H,3,6-8H2,(H,14,17). The van der Waals surface area contributed by atoms with Gasteiger partial charge in [0.15, 0.2) is 19.0 Å². The first-order chi connectivity index (χ1) is 11.0. The van der Waals surface area contributed by atoms with Gasteiger partial charge in [-0.1, -0.05) is 11.8 Å². The maximum atomic E-state index is 11.6. The lowest BCUT2D eigenvalue weighted by Crippen LogP contribution is -2.38. The van der Waals surface area contributed by atoms with Gasteiger partial charge in [0.1, 0.15) is 0 Å². The van der Waals surface area contributed by atoms with Crippen LogP contribution in [0.5, 0.6) is 0 Å². The average Bonchev–Trinajstić information content (AvgIpc) is 2.85. The van der Waals surface area contributed by atoms with Gasteiger partial charge in [0, 0.05) is 25.2 Å². The molecule has 0 aromatic carbocycles. The number of imide groups is 1. The van der Waals surface area contributed by atoms with Crippen LogP contribution in [-0.4, -0.2) is 53.4 Å². The smallest absolute Gasteiger partial charge is 0.339 e. The van der Waals surface area contributed by atoms with E-state index in [9.17, 15) is 24.4 Å². The number of ether oxygens (including phenoxy) is 1. The molecule has 1 aromatic rings. The predicted octanol–water partition coefficient (Wildman–Crippen LogP) is -0.712. The SMILES string of the molecule is O=C(COC(=O)c1cc[n+]([O-])cc1)NCCN1C(=O)CSC1=O. The maximum Gasteiger partial charge on any atom is 0.339 e. The molecule has 0 spiro atoms. The number of nitrogens with one attached hydrogen (secondary N) is 1. The summed E-state index contributed by atoms with van der Waals surface area (Å²) in [6.07, 6.45) is 2.28. The fraction of sp³-hybridized carbons (Fsp3) is 0.308. The van der Waals surface area contributed by atoms with Crippen molar-refractivity contribution in [2.24, 2.45) is 0 Å². The van der Waals surface area contributed by atoms with Gasteiger partial charge in [0.25, 0.3) is 11.1 Å². The number of aromatic nitrogens is 1. The molecule has 1 fully saturated rings. The Morgan fingerprint density at radius 3 is 2.65 bits per heavy atom. The molecule has 0 bridgehead atoms. The minimum absolute atomic E-state index is 0.0759. The van der Waals surface area contributed by atoms with Crippen LogP contribution in [0.4, 0.5) is 4.79 Å². The Morgan fingerprint density at radius 1 is 1.35 bits per heavy atom. The van der Waals surface area contributed by atoms with Gasteiger partial charge in [-0.3, -0.25) is 19.3 Å². The van der Waals surface area contributed by atoms with Crippen LogP contribution in [0, 0.1) is 5.21 Å². The highest BCUT2D eigenvalue weighted by molar-refractivity contribution is 8.14. The zero-order chi connectivity index (χ0) is 16.8. The van der Waals surface area contributed by atoms with Gasteiger partial charge in [0.2, 0.25) is 5.91 Å². The van der Waals surface area contributed by atoms with Crippen molar-refractivity contribution in [1.29, 1.82) is 0 Å². The fourth-order valence-electron chi connectivity index (χ4n) is 1.72. The molecule has 1 saturated heterocycles. The summed E-state index contributed by atoms with van der Waals surface area (Å²) in [5.74, 6) is -1.47. The Kier molecular flexibility index (Phi) is 5.52. The molecule has 2 heterocycles. The minimum atomic E-state index is -0.734. The van der Waals surface area contributed by atoms with E-state index in [1.807, 2.05) is 0 Å². The molecule has 0 saturated carbocycles. The Balaban J connectivity index is 1.69. The third-order valence-electron chi connectivity index (χ3n) is 2.87. The van der Waals surface area contributed by atoms with Crippen molar-refractivity contribution in [3.05, 3.63) is 35.3 Å². The summed E-state index contributed by atoms with van der Waals surface area (Å²) in [5.41, 5.74) is 0.148.